The van der Waals surface area contributed by atoms with Crippen LogP contribution < -0.4 is 10.1 Å². The minimum absolute atomic E-state index is 0.00262. The number of methoxy groups -OCH3 is 2. The molecule has 146 valence electrons. The zero-order valence-electron chi connectivity index (χ0n) is 15.4. The largest absolute Gasteiger partial charge is 0.503 e. The van der Waals surface area contributed by atoms with Gasteiger partial charge in [0, 0.05) is 13.1 Å². The number of ether oxygens (including phenoxy) is 2. The van der Waals surface area contributed by atoms with Gasteiger partial charge in [0.2, 0.25) is 11.8 Å². The summed E-state index contributed by atoms with van der Waals surface area (Å²) in [6, 6.07) is 2.37. The van der Waals surface area contributed by atoms with Gasteiger partial charge in [0.15, 0.2) is 11.5 Å². The molecule has 27 heavy (non-hydrogen) atoms. The van der Waals surface area contributed by atoms with E-state index in [0.29, 0.717) is 5.56 Å². The van der Waals surface area contributed by atoms with Crippen molar-refractivity contribution < 1.29 is 29.0 Å². The number of fused-ring (bicyclic) bond motifs is 1. The number of amides is 2. The zero-order valence-corrected chi connectivity index (χ0v) is 16.2. The number of halogens is 1. The maximum absolute atomic E-state index is 12.8. The minimum atomic E-state index is -1.36. The topological polar surface area (TPSA) is 105 Å². The maximum atomic E-state index is 12.8. The lowest BCUT2D eigenvalue weighted by atomic mass is 9.78. The van der Waals surface area contributed by atoms with Gasteiger partial charge in [0.05, 0.1) is 31.1 Å². The number of phenols is 1. The van der Waals surface area contributed by atoms with Crippen LogP contribution in [0.5, 0.6) is 11.5 Å². The fourth-order valence-corrected chi connectivity index (χ4v) is 4.49. The molecule has 2 saturated heterocycles. The monoisotopic (exact) mass is 396 g/mol. The Kier molecular flexibility index (Phi) is 4.81. The van der Waals surface area contributed by atoms with Crippen LogP contribution >= 0.6 is 11.6 Å². The summed E-state index contributed by atoms with van der Waals surface area (Å²) in [4.78, 5) is 39.2. The predicted octanol–water partition coefficient (Wildman–Crippen LogP) is 1.25. The summed E-state index contributed by atoms with van der Waals surface area (Å²) in [5.41, 5.74) is -0.957. The summed E-state index contributed by atoms with van der Waals surface area (Å²) in [5, 5.41) is 13.4. The second-order valence-corrected chi connectivity index (χ2v) is 7.08. The number of imide groups is 1. The fourth-order valence-electron chi connectivity index (χ4n) is 4.22. The highest BCUT2D eigenvalue weighted by molar-refractivity contribution is 6.33. The van der Waals surface area contributed by atoms with Crippen molar-refractivity contribution in [3.8, 4) is 11.5 Å². The maximum Gasteiger partial charge on any atom is 0.326 e. The molecule has 0 unspecified atom stereocenters. The molecule has 2 aliphatic rings. The van der Waals surface area contributed by atoms with Gasteiger partial charge in [-0.2, -0.15) is 0 Å². The highest BCUT2D eigenvalue weighted by atomic mass is 35.5. The third-order valence-corrected chi connectivity index (χ3v) is 6.04. The number of hydrogen-bond acceptors (Lipinski definition) is 7. The molecule has 4 atom stereocenters. The van der Waals surface area contributed by atoms with Gasteiger partial charge < -0.3 is 14.6 Å². The van der Waals surface area contributed by atoms with Crippen molar-refractivity contribution in [2.75, 3.05) is 21.3 Å². The van der Waals surface area contributed by atoms with Gasteiger partial charge in [-0.1, -0.05) is 24.6 Å². The van der Waals surface area contributed by atoms with Crippen LogP contribution in [0.25, 0.3) is 0 Å². The number of aromatic hydroxyl groups is 1. The van der Waals surface area contributed by atoms with E-state index < -0.39 is 41.2 Å². The first-order valence-electron chi connectivity index (χ1n) is 8.48. The van der Waals surface area contributed by atoms with E-state index in [-0.39, 0.29) is 22.9 Å². The van der Waals surface area contributed by atoms with Crippen LogP contribution in [0.3, 0.4) is 0 Å². The Morgan fingerprint density at radius 1 is 1.33 bits per heavy atom. The molecule has 2 fully saturated rings. The number of nitrogens with one attached hydrogen (secondary N) is 1. The third-order valence-electron chi connectivity index (χ3n) is 5.65. The van der Waals surface area contributed by atoms with Crippen molar-refractivity contribution in [1.29, 1.82) is 0 Å². The van der Waals surface area contributed by atoms with Crippen LogP contribution in [0, 0.1) is 11.8 Å². The van der Waals surface area contributed by atoms with Gasteiger partial charge in [0.1, 0.15) is 5.54 Å². The van der Waals surface area contributed by atoms with Gasteiger partial charge in [-0.05, 0) is 18.1 Å². The summed E-state index contributed by atoms with van der Waals surface area (Å²) in [7, 11) is 4.02. The highest BCUT2D eigenvalue weighted by Crippen LogP contribution is 2.52. The Morgan fingerprint density at radius 3 is 2.56 bits per heavy atom. The van der Waals surface area contributed by atoms with Crippen LogP contribution in [0.1, 0.15) is 24.9 Å². The van der Waals surface area contributed by atoms with Crippen molar-refractivity contribution >= 4 is 29.4 Å². The lowest BCUT2D eigenvalue weighted by Crippen LogP contribution is -2.55. The first-order valence-corrected chi connectivity index (χ1v) is 8.85. The molecule has 9 heteroatoms. The molecule has 0 aromatic heterocycles. The van der Waals surface area contributed by atoms with Crippen LogP contribution in [0.2, 0.25) is 5.02 Å². The van der Waals surface area contributed by atoms with Crippen LogP contribution in [0.4, 0.5) is 0 Å². The Hall–Kier alpha value is -2.32. The normalized spacial score (nSPS) is 29.8. The van der Waals surface area contributed by atoms with Gasteiger partial charge in [-0.3, -0.25) is 24.6 Å². The molecule has 2 heterocycles. The average molecular weight is 397 g/mol. The molecule has 8 nitrogen and oxygen atoms in total. The van der Waals surface area contributed by atoms with Crippen molar-refractivity contribution in [1.82, 2.24) is 10.2 Å². The number of phenolic OH excluding ortho intramolecular Hbond substituents is 1. The van der Waals surface area contributed by atoms with Crippen LogP contribution in [-0.2, 0) is 19.1 Å². The van der Waals surface area contributed by atoms with E-state index in [1.54, 1.807) is 13.0 Å². The Labute approximate surface area is 161 Å². The molecule has 0 spiro atoms. The van der Waals surface area contributed by atoms with E-state index in [1.165, 1.54) is 27.3 Å². The Bertz CT molecular complexity index is 828. The molecule has 0 radical (unpaired) electrons. The van der Waals surface area contributed by atoms with Gasteiger partial charge >= 0.3 is 5.97 Å². The first kappa shape index (κ1) is 19.4. The van der Waals surface area contributed by atoms with E-state index >= 15 is 0 Å². The smallest absolute Gasteiger partial charge is 0.326 e. The van der Waals surface area contributed by atoms with E-state index in [0.717, 1.165) is 4.90 Å². The lowest BCUT2D eigenvalue weighted by Gasteiger charge is -2.31. The summed E-state index contributed by atoms with van der Waals surface area (Å²) in [6.45, 7) is 1.74. The fraction of sp³-hybridized carbons (Fsp3) is 0.500. The molecule has 2 aliphatic heterocycles. The lowest BCUT2D eigenvalue weighted by molar-refractivity contribution is -0.154. The molecule has 2 amide bonds. The summed E-state index contributed by atoms with van der Waals surface area (Å²) < 4.78 is 9.99. The van der Waals surface area contributed by atoms with Gasteiger partial charge in [-0.15, -0.1) is 0 Å². The molecule has 0 bridgehead atoms. The van der Waals surface area contributed by atoms with Crippen molar-refractivity contribution in [2.24, 2.45) is 11.8 Å². The number of rotatable bonds is 4. The number of carbonyl (C=O) groups excluding carboxylic acids is 3. The van der Waals surface area contributed by atoms with Crippen molar-refractivity contribution in [2.45, 2.75) is 24.9 Å². The van der Waals surface area contributed by atoms with E-state index in [9.17, 15) is 19.5 Å². The quantitative estimate of drug-likeness (QED) is 0.582. The highest BCUT2D eigenvalue weighted by Gasteiger charge is 2.67. The molecule has 1 aromatic rings. The average Bonchev–Trinajstić information content (AvgIpc) is 3.13. The standard InChI is InChI=1S/C18H21ClN2O6/c1-5-18(17(25)27-4)11-10(15(23)21(2)16(11)24)13(20-18)8-6-7-9(26-3)14(22)12(8)19/h6-7,10-11,13,20,22H,5H2,1-4H3/t10-,11-,13-,18-/m1/s1. The van der Waals surface area contributed by atoms with Crippen LogP contribution in [-0.4, -0.2) is 54.6 Å². The number of nitrogens with zero attached hydrogens (tertiary/aromatic N) is 1. The zero-order chi connectivity index (χ0) is 20.1. The third kappa shape index (κ3) is 2.50. The number of benzene rings is 1. The van der Waals surface area contributed by atoms with Crippen LogP contribution in [0.15, 0.2) is 12.1 Å². The molecule has 2 N–H and O–H groups in total. The molecule has 0 saturated carbocycles. The molecule has 1 aromatic carbocycles. The number of hydrogen-bond donors (Lipinski definition) is 2. The molecule has 0 aliphatic carbocycles. The second kappa shape index (κ2) is 6.69. The predicted molar refractivity (Wildman–Crippen MR) is 95.3 cm³/mol. The van der Waals surface area contributed by atoms with E-state index in [4.69, 9.17) is 21.1 Å². The Balaban J connectivity index is 2.18. The molecular weight excluding hydrogens is 376 g/mol. The Morgan fingerprint density at radius 2 is 2.00 bits per heavy atom. The molecule has 3 rings (SSSR count). The van der Waals surface area contributed by atoms with Crippen molar-refractivity contribution in [3.63, 3.8) is 0 Å². The number of carbonyl (C=O) groups is 3. The molecular formula is C18H21ClN2O6. The van der Waals surface area contributed by atoms with Gasteiger partial charge in [-0.25, -0.2) is 0 Å². The number of likely N-dealkylation sites (tertiary alicyclic amines) is 1. The van der Waals surface area contributed by atoms with E-state index in [2.05, 4.69) is 5.32 Å². The van der Waals surface area contributed by atoms with E-state index in [1.807, 2.05) is 0 Å². The summed E-state index contributed by atoms with van der Waals surface area (Å²) in [6.07, 6.45) is 0.240. The first-order chi connectivity index (χ1) is 12.7. The van der Waals surface area contributed by atoms with Crippen molar-refractivity contribution in [3.05, 3.63) is 22.7 Å². The summed E-state index contributed by atoms with van der Waals surface area (Å²) in [5.74, 6) is -3.32. The SMILES string of the molecule is CC[C@@]1(C(=O)OC)N[C@H](c2ccc(OC)c(O)c2Cl)[C@@H]2C(=O)N(C)C(=O)[C@@H]21. The minimum Gasteiger partial charge on any atom is -0.503 e. The van der Waals surface area contributed by atoms with Gasteiger partial charge in [0.25, 0.3) is 0 Å². The summed E-state index contributed by atoms with van der Waals surface area (Å²) >= 11 is 6.32. The number of esters is 1. The second-order valence-electron chi connectivity index (χ2n) is 6.70.